The summed E-state index contributed by atoms with van der Waals surface area (Å²) in [5.74, 6) is -0.172. The van der Waals surface area contributed by atoms with Crippen molar-refractivity contribution in [2.24, 2.45) is 5.92 Å². The lowest BCUT2D eigenvalue weighted by molar-refractivity contribution is -0.117. The molecule has 1 fully saturated rings. The van der Waals surface area contributed by atoms with Gasteiger partial charge in [0.1, 0.15) is 0 Å². The fraction of sp³-hybridized carbons (Fsp3) is 0.364. The quantitative estimate of drug-likeness (QED) is 0.687. The van der Waals surface area contributed by atoms with Crippen LogP contribution in [0.15, 0.2) is 18.5 Å². The van der Waals surface area contributed by atoms with E-state index < -0.39 is 0 Å². The number of rotatable bonds is 1. The lowest BCUT2D eigenvalue weighted by atomic mass is 10.1. The Kier molecular flexibility index (Phi) is 2.38. The molecule has 0 radical (unpaired) electrons. The van der Waals surface area contributed by atoms with Crippen molar-refractivity contribution in [3.8, 4) is 6.07 Å². The van der Waals surface area contributed by atoms with Gasteiger partial charge in [-0.25, -0.2) is 0 Å². The largest absolute Gasteiger partial charge is 0.309 e. The van der Waals surface area contributed by atoms with Crippen molar-refractivity contribution in [2.45, 2.75) is 13.3 Å². The second-order valence-corrected chi connectivity index (χ2v) is 3.70. The molecule has 1 aromatic rings. The van der Waals surface area contributed by atoms with E-state index in [9.17, 15) is 4.79 Å². The highest BCUT2D eigenvalue weighted by atomic mass is 16.2. The average molecular weight is 201 g/mol. The Hall–Kier alpha value is -1.89. The van der Waals surface area contributed by atoms with Crippen molar-refractivity contribution < 1.29 is 4.79 Å². The van der Waals surface area contributed by atoms with Gasteiger partial charge in [-0.2, -0.15) is 5.26 Å². The molecule has 0 aliphatic carbocycles. The van der Waals surface area contributed by atoms with E-state index >= 15 is 0 Å². The fourth-order valence-electron chi connectivity index (χ4n) is 1.77. The number of aryl methyl sites for hydroxylation is 1. The zero-order chi connectivity index (χ0) is 10.8. The SMILES string of the molecule is Cc1ccncc1N1CC(C#N)CC1=O. The van der Waals surface area contributed by atoms with Gasteiger partial charge in [-0.3, -0.25) is 9.78 Å². The molecular formula is C11H11N3O. The Balaban J connectivity index is 2.30. The summed E-state index contributed by atoms with van der Waals surface area (Å²) in [6.07, 6.45) is 3.69. The van der Waals surface area contributed by atoms with Gasteiger partial charge in [-0.1, -0.05) is 0 Å². The van der Waals surface area contributed by atoms with Crippen LogP contribution in [0.4, 0.5) is 5.69 Å². The van der Waals surface area contributed by atoms with E-state index in [1.54, 1.807) is 17.3 Å². The number of amides is 1. The maximum atomic E-state index is 11.6. The van der Waals surface area contributed by atoms with Gasteiger partial charge in [0.05, 0.1) is 23.9 Å². The Morgan fingerprint density at radius 2 is 2.47 bits per heavy atom. The molecule has 0 N–H and O–H groups in total. The third kappa shape index (κ3) is 1.68. The van der Waals surface area contributed by atoms with Crippen LogP contribution in [0.5, 0.6) is 0 Å². The van der Waals surface area contributed by atoms with Crippen molar-refractivity contribution in [1.29, 1.82) is 5.26 Å². The smallest absolute Gasteiger partial charge is 0.228 e. The molecule has 1 aliphatic rings. The van der Waals surface area contributed by atoms with Gasteiger partial charge in [0, 0.05) is 19.2 Å². The number of carbonyl (C=O) groups is 1. The summed E-state index contributed by atoms with van der Waals surface area (Å²) in [6.45, 7) is 2.42. The number of aromatic nitrogens is 1. The molecule has 1 aromatic heterocycles. The first-order chi connectivity index (χ1) is 7.22. The first-order valence-corrected chi connectivity index (χ1v) is 4.83. The van der Waals surface area contributed by atoms with Gasteiger partial charge in [0.2, 0.25) is 5.91 Å². The highest BCUT2D eigenvalue weighted by Gasteiger charge is 2.31. The second kappa shape index (κ2) is 3.70. The van der Waals surface area contributed by atoms with Crippen LogP contribution in [0.2, 0.25) is 0 Å². The highest BCUT2D eigenvalue weighted by molar-refractivity contribution is 5.96. The van der Waals surface area contributed by atoms with Gasteiger partial charge in [-0.15, -0.1) is 0 Å². The minimum absolute atomic E-state index is 0.0117. The summed E-state index contributed by atoms with van der Waals surface area (Å²) in [5, 5.41) is 8.77. The first kappa shape index (κ1) is 9.66. The molecule has 2 heterocycles. The monoisotopic (exact) mass is 201 g/mol. The summed E-state index contributed by atoms with van der Waals surface area (Å²) >= 11 is 0. The molecule has 15 heavy (non-hydrogen) atoms. The number of anilines is 1. The van der Waals surface area contributed by atoms with Crippen LogP contribution < -0.4 is 4.90 Å². The number of nitrogens with zero attached hydrogens (tertiary/aromatic N) is 3. The van der Waals surface area contributed by atoms with E-state index in [1.807, 2.05) is 13.0 Å². The van der Waals surface area contributed by atoms with Gasteiger partial charge >= 0.3 is 0 Å². The maximum Gasteiger partial charge on any atom is 0.228 e. The van der Waals surface area contributed by atoms with E-state index in [4.69, 9.17) is 5.26 Å². The molecule has 1 amide bonds. The number of nitriles is 1. The normalized spacial score (nSPS) is 20.4. The molecule has 1 unspecified atom stereocenters. The highest BCUT2D eigenvalue weighted by Crippen LogP contribution is 2.26. The van der Waals surface area contributed by atoms with Gasteiger partial charge in [0.25, 0.3) is 0 Å². The third-order valence-corrected chi connectivity index (χ3v) is 2.61. The second-order valence-electron chi connectivity index (χ2n) is 3.70. The molecule has 0 bridgehead atoms. The molecule has 0 spiro atoms. The predicted molar refractivity (Wildman–Crippen MR) is 55.0 cm³/mol. The summed E-state index contributed by atoms with van der Waals surface area (Å²) < 4.78 is 0. The number of hydrogen-bond donors (Lipinski definition) is 0. The molecule has 2 rings (SSSR count). The van der Waals surface area contributed by atoms with Crippen LogP contribution >= 0.6 is 0 Å². The number of carbonyl (C=O) groups excluding carboxylic acids is 1. The van der Waals surface area contributed by atoms with Crippen LogP contribution in [-0.2, 0) is 4.79 Å². The molecule has 1 saturated heterocycles. The maximum absolute atomic E-state index is 11.6. The molecule has 0 saturated carbocycles. The van der Waals surface area contributed by atoms with Crippen molar-refractivity contribution in [2.75, 3.05) is 11.4 Å². The van der Waals surface area contributed by atoms with Gasteiger partial charge in [0.15, 0.2) is 0 Å². The minimum Gasteiger partial charge on any atom is -0.309 e. The average Bonchev–Trinajstić information content (AvgIpc) is 2.60. The minimum atomic E-state index is -0.183. The van der Waals surface area contributed by atoms with E-state index in [0.717, 1.165) is 11.3 Å². The van der Waals surface area contributed by atoms with Crippen molar-refractivity contribution in [1.82, 2.24) is 4.98 Å². The van der Waals surface area contributed by atoms with Crippen LogP contribution in [-0.4, -0.2) is 17.4 Å². The molecule has 1 aliphatic heterocycles. The summed E-state index contributed by atoms with van der Waals surface area (Å²) in [7, 11) is 0. The summed E-state index contributed by atoms with van der Waals surface area (Å²) in [6, 6.07) is 3.99. The molecule has 0 aromatic carbocycles. The molecule has 76 valence electrons. The lowest BCUT2D eigenvalue weighted by Gasteiger charge is -2.17. The van der Waals surface area contributed by atoms with E-state index in [0.29, 0.717) is 13.0 Å². The Labute approximate surface area is 88.1 Å². The Morgan fingerprint density at radius 1 is 1.67 bits per heavy atom. The molecular weight excluding hydrogens is 190 g/mol. The van der Waals surface area contributed by atoms with Crippen LogP contribution in [0, 0.1) is 24.2 Å². The van der Waals surface area contributed by atoms with E-state index in [2.05, 4.69) is 11.1 Å². The summed E-state index contributed by atoms with van der Waals surface area (Å²) in [4.78, 5) is 17.3. The van der Waals surface area contributed by atoms with Crippen molar-refractivity contribution in [3.63, 3.8) is 0 Å². The Morgan fingerprint density at radius 3 is 3.07 bits per heavy atom. The summed E-state index contributed by atoms with van der Waals surface area (Å²) in [5.41, 5.74) is 1.83. The van der Waals surface area contributed by atoms with Crippen LogP contribution in [0.1, 0.15) is 12.0 Å². The fourth-order valence-corrected chi connectivity index (χ4v) is 1.77. The van der Waals surface area contributed by atoms with Gasteiger partial charge < -0.3 is 4.90 Å². The number of pyridine rings is 1. The van der Waals surface area contributed by atoms with Crippen molar-refractivity contribution >= 4 is 11.6 Å². The van der Waals surface area contributed by atoms with Crippen LogP contribution in [0.3, 0.4) is 0 Å². The predicted octanol–water partition coefficient (Wildman–Crippen LogP) is 1.27. The zero-order valence-electron chi connectivity index (χ0n) is 8.47. The lowest BCUT2D eigenvalue weighted by Crippen LogP contribution is -2.25. The van der Waals surface area contributed by atoms with E-state index in [1.165, 1.54) is 0 Å². The third-order valence-electron chi connectivity index (χ3n) is 2.61. The molecule has 4 nitrogen and oxygen atoms in total. The van der Waals surface area contributed by atoms with Crippen molar-refractivity contribution in [3.05, 3.63) is 24.0 Å². The first-order valence-electron chi connectivity index (χ1n) is 4.83. The van der Waals surface area contributed by atoms with Gasteiger partial charge in [-0.05, 0) is 18.6 Å². The molecule has 4 heteroatoms. The van der Waals surface area contributed by atoms with E-state index in [-0.39, 0.29) is 11.8 Å². The zero-order valence-corrected chi connectivity index (χ0v) is 8.47. The number of hydrogen-bond acceptors (Lipinski definition) is 3. The standard InChI is InChI=1S/C11H11N3O/c1-8-2-3-13-6-10(8)14-7-9(5-12)4-11(14)15/h2-3,6,9H,4,7H2,1H3. The molecule has 1 atom stereocenters. The van der Waals surface area contributed by atoms with Crippen LogP contribution in [0.25, 0.3) is 0 Å². The Bertz CT molecular complexity index is 436. The topological polar surface area (TPSA) is 57.0 Å².